The van der Waals surface area contributed by atoms with Crippen LogP contribution in [0.15, 0.2) is 0 Å². The molecule has 1 saturated heterocycles. The molecule has 0 aromatic rings. The zero-order valence-electron chi connectivity index (χ0n) is 11.8. The summed E-state index contributed by atoms with van der Waals surface area (Å²) in [5, 5.41) is 12.3. The molecule has 0 aromatic heterocycles. The van der Waals surface area contributed by atoms with Gasteiger partial charge in [0.1, 0.15) is 0 Å². The van der Waals surface area contributed by atoms with Crippen molar-refractivity contribution in [2.75, 3.05) is 39.4 Å². The molecule has 1 amide bonds. The lowest BCUT2D eigenvalue weighted by Gasteiger charge is -2.30. The number of aliphatic carboxylic acids is 1. The molecule has 0 aromatic carbocycles. The summed E-state index contributed by atoms with van der Waals surface area (Å²) in [5.74, 6) is -0.722. The molecule has 1 saturated carbocycles. The number of ether oxygens (including phenoxy) is 1. The Hall–Kier alpha value is -1.14. The molecule has 2 fully saturated rings. The highest BCUT2D eigenvalue weighted by Crippen LogP contribution is 2.29. The molecule has 0 spiro atoms. The first-order chi connectivity index (χ1) is 9.68. The number of hydrogen-bond donors (Lipinski definition) is 2. The van der Waals surface area contributed by atoms with Crippen LogP contribution in [-0.4, -0.2) is 61.3 Å². The van der Waals surface area contributed by atoms with Crippen LogP contribution in [0.5, 0.6) is 0 Å². The van der Waals surface area contributed by atoms with Crippen molar-refractivity contribution in [3.63, 3.8) is 0 Å². The van der Waals surface area contributed by atoms with Crippen molar-refractivity contribution < 1.29 is 19.4 Å². The van der Waals surface area contributed by atoms with Gasteiger partial charge in [-0.05, 0) is 25.3 Å². The van der Waals surface area contributed by atoms with Gasteiger partial charge in [0.15, 0.2) is 0 Å². The number of carboxylic acid groups (broad SMARTS) is 1. The van der Waals surface area contributed by atoms with E-state index < -0.39 is 5.97 Å². The van der Waals surface area contributed by atoms with Gasteiger partial charge in [-0.2, -0.15) is 0 Å². The molecule has 6 heteroatoms. The van der Waals surface area contributed by atoms with Gasteiger partial charge < -0.3 is 20.1 Å². The normalized spacial score (nSPS) is 27.3. The molecule has 2 N–H and O–H groups in total. The first-order valence-electron chi connectivity index (χ1n) is 7.47. The van der Waals surface area contributed by atoms with E-state index in [1.165, 1.54) is 0 Å². The lowest BCUT2D eigenvalue weighted by atomic mass is 9.79. The Morgan fingerprint density at radius 2 is 1.90 bits per heavy atom. The molecular formula is C14H24N2O4. The van der Waals surface area contributed by atoms with Crippen molar-refractivity contribution in [2.24, 2.45) is 11.8 Å². The Balaban J connectivity index is 1.71. The third kappa shape index (κ3) is 4.18. The number of morpholine rings is 1. The Bertz CT molecular complexity index is 342. The SMILES string of the molecule is O=C(O)C1CCCCC1CNCC(=O)N1CCOCC1. The standard InChI is InChI=1S/C14H24N2O4/c17-13(16-5-7-20-8-6-16)10-15-9-11-3-1-2-4-12(11)14(18)19/h11-12,15H,1-10H2,(H,18,19). The summed E-state index contributed by atoms with van der Waals surface area (Å²) in [6.07, 6.45) is 3.79. The fraction of sp³-hybridized carbons (Fsp3) is 0.857. The highest BCUT2D eigenvalue weighted by Gasteiger charge is 2.30. The van der Waals surface area contributed by atoms with Crippen LogP contribution in [0.4, 0.5) is 0 Å². The van der Waals surface area contributed by atoms with Gasteiger partial charge in [-0.1, -0.05) is 12.8 Å². The van der Waals surface area contributed by atoms with Crippen LogP contribution in [0.1, 0.15) is 25.7 Å². The topological polar surface area (TPSA) is 78.9 Å². The van der Waals surface area contributed by atoms with Crippen molar-refractivity contribution in [3.05, 3.63) is 0 Å². The van der Waals surface area contributed by atoms with Crippen LogP contribution >= 0.6 is 0 Å². The molecule has 20 heavy (non-hydrogen) atoms. The maximum Gasteiger partial charge on any atom is 0.306 e. The molecule has 0 bridgehead atoms. The van der Waals surface area contributed by atoms with Crippen LogP contribution in [0.2, 0.25) is 0 Å². The minimum Gasteiger partial charge on any atom is -0.481 e. The highest BCUT2D eigenvalue weighted by molar-refractivity contribution is 5.78. The molecule has 1 heterocycles. The summed E-state index contributed by atoms with van der Waals surface area (Å²) in [6.45, 7) is 3.43. The van der Waals surface area contributed by atoms with Gasteiger partial charge in [0.2, 0.25) is 5.91 Å². The van der Waals surface area contributed by atoms with Gasteiger partial charge in [0.05, 0.1) is 25.7 Å². The second kappa shape index (κ2) is 7.59. The first kappa shape index (κ1) is 15.3. The van der Waals surface area contributed by atoms with Crippen LogP contribution < -0.4 is 5.32 Å². The summed E-state index contributed by atoms with van der Waals surface area (Å²) in [7, 11) is 0. The summed E-state index contributed by atoms with van der Waals surface area (Å²) in [5.41, 5.74) is 0. The minimum absolute atomic E-state index is 0.0796. The molecule has 114 valence electrons. The maximum absolute atomic E-state index is 11.9. The van der Waals surface area contributed by atoms with Crippen LogP contribution in [0, 0.1) is 11.8 Å². The van der Waals surface area contributed by atoms with Gasteiger partial charge in [-0.25, -0.2) is 0 Å². The number of nitrogens with zero attached hydrogens (tertiary/aromatic N) is 1. The van der Waals surface area contributed by atoms with Crippen molar-refractivity contribution in [1.82, 2.24) is 10.2 Å². The summed E-state index contributed by atoms with van der Waals surface area (Å²) in [6, 6.07) is 0. The first-order valence-corrected chi connectivity index (χ1v) is 7.47. The largest absolute Gasteiger partial charge is 0.481 e. The monoisotopic (exact) mass is 284 g/mol. The molecule has 0 radical (unpaired) electrons. The van der Waals surface area contributed by atoms with E-state index in [1.807, 2.05) is 0 Å². The number of amides is 1. The van der Waals surface area contributed by atoms with Gasteiger partial charge in [0.25, 0.3) is 0 Å². The maximum atomic E-state index is 11.9. The molecule has 1 aliphatic carbocycles. The molecule has 1 aliphatic heterocycles. The molecule has 2 unspecified atom stereocenters. The number of nitrogens with one attached hydrogen (secondary N) is 1. The summed E-state index contributed by atoms with van der Waals surface area (Å²) < 4.78 is 5.21. The van der Waals surface area contributed by atoms with Crippen LogP contribution in [-0.2, 0) is 14.3 Å². The number of carboxylic acids is 1. The third-order valence-corrected chi connectivity index (χ3v) is 4.27. The summed E-state index contributed by atoms with van der Waals surface area (Å²) >= 11 is 0. The van der Waals surface area contributed by atoms with E-state index in [2.05, 4.69) is 5.32 Å². The fourth-order valence-corrected chi connectivity index (χ4v) is 3.07. The van der Waals surface area contributed by atoms with Crippen LogP contribution in [0.25, 0.3) is 0 Å². The molecule has 6 nitrogen and oxygen atoms in total. The molecule has 2 rings (SSSR count). The number of carbonyl (C=O) groups excluding carboxylic acids is 1. The predicted molar refractivity (Wildman–Crippen MR) is 73.4 cm³/mol. The smallest absolute Gasteiger partial charge is 0.306 e. The zero-order valence-corrected chi connectivity index (χ0v) is 11.8. The number of rotatable bonds is 5. The average Bonchev–Trinajstić information content (AvgIpc) is 2.48. The third-order valence-electron chi connectivity index (χ3n) is 4.27. The van der Waals surface area contributed by atoms with Crippen molar-refractivity contribution in [1.29, 1.82) is 0 Å². The molecule has 2 aliphatic rings. The Labute approximate surface area is 119 Å². The van der Waals surface area contributed by atoms with Crippen molar-refractivity contribution in [2.45, 2.75) is 25.7 Å². The van der Waals surface area contributed by atoms with Crippen molar-refractivity contribution >= 4 is 11.9 Å². The minimum atomic E-state index is -0.698. The second-order valence-corrected chi connectivity index (χ2v) is 5.61. The summed E-state index contributed by atoms with van der Waals surface area (Å²) in [4.78, 5) is 24.9. The van der Waals surface area contributed by atoms with Crippen molar-refractivity contribution in [3.8, 4) is 0 Å². The highest BCUT2D eigenvalue weighted by atomic mass is 16.5. The van der Waals surface area contributed by atoms with Crippen LogP contribution in [0.3, 0.4) is 0 Å². The second-order valence-electron chi connectivity index (χ2n) is 5.61. The Kier molecular flexibility index (Phi) is 5.79. The van der Waals surface area contributed by atoms with Gasteiger partial charge >= 0.3 is 5.97 Å². The van der Waals surface area contributed by atoms with E-state index in [4.69, 9.17) is 4.74 Å². The molecular weight excluding hydrogens is 260 g/mol. The zero-order chi connectivity index (χ0) is 14.4. The quantitative estimate of drug-likeness (QED) is 0.760. The Morgan fingerprint density at radius 1 is 1.20 bits per heavy atom. The fourth-order valence-electron chi connectivity index (χ4n) is 3.07. The number of carbonyl (C=O) groups is 2. The van der Waals surface area contributed by atoms with Gasteiger partial charge in [0, 0.05) is 13.1 Å². The Morgan fingerprint density at radius 3 is 2.60 bits per heavy atom. The van der Waals surface area contributed by atoms with E-state index >= 15 is 0 Å². The lowest BCUT2D eigenvalue weighted by molar-refractivity contribution is -0.144. The lowest BCUT2D eigenvalue weighted by Crippen LogP contribution is -2.46. The van der Waals surface area contributed by atoms with E-state index in [0.717, 1.165) is 25.7 Å². The van der Waals surface area contributed by atoms with E-state index in [-0.39, 0.29) is 17.7 Å². The van der Waals surface area contributed by atoms with Gasteiger partial charge in [-0.3, -0.25) is 9.59 Å². The van der Waals surface area contributed by atoms with E-state index in [0.29, 0.717) is 39.4 Å². The van der Waals surface area contributed by atoms with E-state index in [1.54, 1.807) is 4.90 Å². The van der Waals surface area contributed by atoms with E-state index in [9.17, 15) is 14.7 Å². The average molecular weight is 284 g/mol. The number of hydrogen-bond acceptors (Lipinski definition) is 4. The van der Waals surface area contributed by atoms with Gasteiger partial charge in [-0.15, -0.1) is 0 Å². The predicted octanol–water partition coefficient (Wildman–Crippen LogP) is 0.326. The molecule has 2 atom stereocenters.